The van der Waals surface area contributed by atoms with Gasteiger partial charge in [-0.25, -0.2) is 0 Å². The normalized spacial score (nSPS) is 11.1. The van der Waals surface area contributed by atoms with Crippen LogP contribution in [0.5, 0.6) is 0 Å². The minimum absolute atomic E-state index is 0.0116. The van der Waals surface area contributed by atoms with E-state index in [-0.39, 0.29) is 5.91 Å². The maximum atomic E-state index is 11.4. The summed E-state index contributed by atoms with van der Waals surface area (Å²) < 4.78 is 0. The van der Waals surface area contributed by atoms with Crippen molar-refractivity contribution < 1.29 is 9.90 Å². The fraction of sp³-hybridized carbons (Fsp3) is 0.824. The highest BCUT2D eigenvalue weighted by atomic mass is 16.2. The van der Waals surface area contributed by atoms with E-state index < -0.39 is 0 Å². The van der Waals surface area contributed by atoms with Gasteiger partial charge in [0.1, 0.15) is 0 Å². The summed E-state index contributed by atoms with van der Waals surface area (Å²) in [5.41, 5.74) is 0. The predicted octanol–water partition coefficient (Wildman–Crippen LogP) is 3.12. The number of aliphatic hydroxyl groups is 1. The fourth-order valence-corrected chi connectivity index (χ4v) is 2.05. The lowest BCUT2D eigenvalue weighted by atomic mass is 10.1. The predicted molar refractivity (Wildman–Crippen MR) is 89.1 cm³/mol. The third-order valence-electron chi connectivity index (χ3n) is 3.39. The molecule has 0 aliphatic heterocycles. The van der Waals surface area contributed by atoms with E-state index in [1.165, 1.54) is 25.7 Å². The molecular weight excluding hydrogens is 264 g/mol. The van der Waals surface area contributed by atoms with E-state index >= 15 is 0 Å². The molecule has 4 heteroatoms. The molecule has 21 heavy (non-hydrogen) atoms. The molecule has 0 aromatic carbocycles. The Morgan fingerprint density at radius 3 is 2.33 bits per heavy atom. The van der Waals surface area contributed by atoms with Crippen LogP contribution in [0.1, 0.15) is 71.1 Å². The lowest BCUT2D eigenvalue weighted by Crippen LogP contribution is -2.33. The molecule has 0 aliphatic carbocycles. The Balaban J connectivity index is 3.17. The molecule has 0 bridgehead atoms. The van der Waals surface area contributed by atoms with Crippen molar-refractivity contribution in [2.24, 2.45) is 0 Å². The number of aliphatic hydroxyl groups excluding tert-OH is 1. The van der Waals surface area contributed by atoms with E-state index in [1.807, 2.05) is 6.08 Å². The molecule has 0 heterocycles. The Morgan fingerprint density at radius 2 is 1.67 bits per heavy atom. The van der Waals surface area contributed by atoms with Gasteiger partial charge in [0.2, 0.25) is 5.91 Å². The van der Waals surface area contributed by atoms with Crippen molar-refractivity contribution in [2.45, 2.75) is 71.1 Å². The topological polar surface area (TPSA) is 61.4 Å². The molecule has 3 N–H and O–H groups in total. The van der Waals surface area contributed by atoms with Gasteiger partial charge in [0.25, 0.3) is 0 Å². The van der Waals surface area contributed by atoms with Crippen molar-refractivity contribution in [2.75, 3.05) is 19.8 Å². The molecule has 1 amide bonds. The number of carbonyl (C=O) groups excluding carboxylic acids is 1. The van der Waals surface area contributed by atoms with Crippen LogP contribution in [0.4, 0.5) is 0 Å². The third kappa shape index (κ3) is 17.1. The van der Waals surface area contributed by atoms with Gasteiger partial charge in [0, 0.05) is 6.61 Å². The smallest absolute Gasteiger partial charge is 0.244 e. The molecule has 0 aliphatic rings. The molecule has 0 saturated carbocycles. The molecule has 0 unspecified atom stereocenters. The van der Waals surface area contributed by atoms with Gasteiger partial charge >= 0.3 is 0 Å². The molecule has 0 saturated heterocycles. The van der Waals surface area contributed by atoms with Crippen LogP contribution in [-0.4, -0.2) is 30.8 Å². The van der Waals surface area contributed by atoms with Crippen molar-refractivity contribution in [3.8, 4) is 0 Å². The lowest BCUT2D eigenvalue weighted by molar-refractivity contribution is -0.116. The van der Waals surface area contributed by atoms with E-state index in [0.29, 0.717) is 13.3 Å². The zero-order valence-electron chi connectivity index (χ0n) is 13.7. The van der Waals surface area contributed by atoms with Crippen LogP contribution in [0.2, 0.25) is 0 Å². The van der Waals surface area contributed by atoms with Crippen molar-refractivity contribution in [3.63, 3.8) is 0 Å². The van der Waals surface area contributed by atoms with Gasteiger partial charge in [-0.15, -0.1) is 0 Å². The van der Waals surface area contributed by atoms with Crippen LogP contribution in [0.25, 0.3) is 0 Å². The first-order valence-corrected chi connectivity index (χ1v) is 8.57. The number of unbranched alkanes of at least 4 members (excludes halogenated alkanes) is 8. The van der Waals surface area contributed by atoms with Crippen LogP contribution >= 0.6 is 0 Å². The standard InChI is InChI=1S/C17H34N2O2/c1-2-3-4-10-13-17(21)19-16-18-14-11-8-6-5-7-9-12-15-20/h10,13,18,20H,2-9,11-12,14-16H2,1H3,(H,19,21)/b13-10+. The Kier molecular flexibility index (Phi) is 16.5. The SMILES string of the molecule is CCCC/C=C/C(=O)NCNCCCCCCCCCO. The summed E-state index contributed by atoms with van der Waals surface area (Å²) in [5.74, 6) is -0.0116. The van der Waals surface area contributed by atoms with Gasteiger partial charge in [0.05, 0.1) is 6.67 Å². The average Bonchev–Trinajstić information content (AvgIpc) is 2.49. The second-order valence-electron chi connectivity index (χ2n) is 5.46. The summed E-state index contributed by atoms with van der Waals surface area (Å²) in [4.78, 5) is 11.4. The second kappa shape index (κ2) is 17.2. The largest absolute Gasteiger partial charge is 0.396 e. The minimum Gasteiger partial charge on any atom is -0.396 e. The van der Waals surface area contributed by atoms with Gasteiger partial charge < -0.3 is 10.4 Å². The number of hydrogen-bond donors (Lipinski definition) is 3. The Hall–Kier alpha value is -0.870. The second-order valence-corrected chi connectivity index (χ2v) is 5.46. The van der Waals surface area contributed by atoms with Gasteiger partial charge in [-0.05, 0) is 31.9 Å². The molecule has 4 nitrogen and oxygen atoms in total. The number of amides is 1. The first-order chi connectivity index (χ1) is 10.3. The lowest BCUT2D eigenvalue weighted by Gasteiger charge is -2.05. The zero-order valence-corrected chi connectivity index (χ0v) is 13.7. The van der Waals surface area contributed by atoms with E-state index in [1.54, 1.807) is 6.08 Å². The number of nitrogens with one attached hydrogen (secondary N) is 2. The van der Waals surface area contributed by atoms with Crippen LogP contribution in [0.3, 0.4) is 0 Å². The van der Waals surface area contributed by atoms with Gasteiger partial charge in [0.15, 0.2) is 0 Å². The average molecular weight is 298 g/mol. The highest BCUT2D eigenvalue weighted by Crippen LogP contribution is 2.06. The molecule has 0 fully saturated rings. The summed E-state index contributed by atoms with van der Waals surface area (Å²) >= 11 is 0. The highest BCUT2D eigenvalue weighted by molar-refractivity contribution is 5.87. The van der Waals surface area contributed by atoms with Crippen LogP contribution in [0.15, 0.2) is 12.2 Å². The summed E-state index contributed by atoms with van der Waals surface area (Å²) in [6, 6.07) is 0. The minimum atomic E-state index is -0.0116. The monoisotopic (exact) mass is 298 g/mol. The summed E-state index contributed by atoms with van der Waals surface area (Å²) in [5, 5.41) is 14.7. The third-order valence-corrected chi connectivity index (χ3v) is 3.39. The van der Waals surface area contributed by atoms with Crippen LogP contribution in [-0.2, 0) is 4.79 Å². The Morgan fingerprint density at radius 1 is 1.00 bits per heavy atom. The number of carbonyl (C=O) groups is 1. The van der Waals surface area contributed by atoms with Gasteiger partial charge in [-0.3, -0.25) is 10.1 Å². The van der Waals surface area contributed by atoms with Gasteiger partial charge in [-0.1, -0.05) is 57.9 Å². The quantitative estimate of drug-likeness (QED) is 0.247. The molecule has 0 aromatic heterocycles. The number of rotatable bonds is 15. The zero-order chi connectivity index (χ0) is 15.6. The van der Waals surface area contributed by atoms with Gasteiger partial charge in [-0.2, -0.15) is 0 Å². The molecule has 0 spiro atoms. The first-order valence-electron chi connectivity index (χ1n) is 8.57. The molecule has 0 aromatic rings. The summed E-state index contributed by atoms with van der Waals surface area (Å²) in [7, 11) is 0. The first kappa shape index (κ1) is 20.1. The summed E-state index contributed by atoms with van der Waals surface area (Å²) in [6.45, 7) is 3.97. The number of hydrogen-bond acceptors (Lipinski definition) is 3. The van der Waals surface area contributed by atoms with E-state index in [9.17, 15) is 4.79 Å². The molecule has 0 rings (SSSR count). The number of allylic oxidation sites excluding steroid dienone is 1. The molecule has 0 radical (unpaired) electrons. The Labute approximate surface area is 130 Å². The van der Waals surface area contributed by atoms with Crippen molar-refractivity contribution in [3.05, 3.63) is 12.2 Å². The van der Waals surface area contributed by atoms with Crippen molar-refractivity contribution in [1.82, 2.24) is 10.6 Å². The Bertz CT molecular complexity index is 255. The fourth-order valence-electron chi connectivity index (χ4n) is 2.05. The molecule has 124 valence electrons. The maximum Gasteiger partial charge on any atom is 0.244 e. The highest BCUT2D eigenvalue weighted by Gasteiger charge is 1.94. The van der Waals surface area contributed by atoms with Crippen molar-refractivity contribution in [1.29, 1.82) is 0 Å². The van der Waals surface area contributed by atoms with E-state index in [0.717, 1.165) is 45.1 Å². The van der Waals surface area contributed by atoms with Crippen molar-refractivity contribution >= 4 is 5.91 Å². The van der Waals surface area contributed by atoms with Crippen LogP contribution < -0.4 is 10.6 Å². The van der Waals surface area contributed by atoms with E-state index in [4.69, 9.17) is 5.11 Å². The molecule has 0 atom stereocenters. The summed E-state index contributed by atoms with van der Waals surface area (Å²) in [6.07, 6.45) is 15.1. The van der Waals surface area contributed by atoms with Crippen LogP contribution in [0, 0.1) is 0 Å². The maximum absolute atomic E-state index is 11.4. The van der Waals surface area contributed by atoms with E-state index in [2.05, 4.69) is 17.6 Å². The molecular formula is C17H34N2O2.